The summed E-state index contributed by atoms with van der Waals surface area (Å²) in [6.45, 7) is 7.96. The zero-order chi connectivity index (χ0) is 11.1. The predicted octanol–water partition coefficient (Wildman–Crippen LogP) is 2.77. The minimum Gasteiger partial charge on any atom is -0.329 e. The minimum absolute atomic E-state index is 0.316. The molecule has 90 valence electrons. The number of unbranched alkanes of at least 4 members (excludes halogenated alkanes) is 1. The molecule has 2 nitrogen and oxygen atoms in total. The third-order valence-electron chi connectivity index (χ3n) is 4.06. The lowest BCUT2D eigenvalue weighted by Gasteiger charge is -2.45. The molecule has 0 aromatic carbocycles. The minimum atomic E-state index is 0.316. The van der Waals surface area contributed by atoms with E-state index in [0.29, 0.717) is 5.54 Å². The van der Waals surface area contributed by atoms with Crippen molar-refractivity contribution in [1.82, 2.24) is 4.90 Å². The van der Waals surface area contributed by atoms with Crippen molar-refractivity contribution < 1.29 is 0 Å². The van der Waals surface area contributed by atoms with Gasteiger partial charge in [-0.25, -0.2) is 0 Å². The Balaban J connectivity index is 2.59. The smallest absolute Gasteiger partial charge is 0.0329 e. The number of nitrogens with zero attached hydrogens (tertiary/aromatic N) is 1. The van der Waals surface area contributed by atoms with Crippen LogP contribution in [0, 0.1) is 0 Å². The molecule has 1 atom stereocenters. The van der Waals surface area contributed by atoms with Crippen LogP contribution < -0.4 is 5.73 Å². The second-order valence-corrected chi connectivity index (χ2v) is 4.93. The quantitative estimate of drug-likeness (QED) is 0.733. The molecule has 0 aromatic rings. The third kappa shape index (κ3) is 3.18. The molecule has 0 radical (unpaired) electrons. The van der Waals surface area contributed by atoms with Crippen molar-refractivity contribution in [3.8, 4) is 0 Å². The van der Waals surface area contributed by atoms with Crippen LogP contribution in [0.3, 0.4) is 0 Å². The van der Waals surface area contributed by atoms with Gasteiger partial charge in [0.1, 0.15) is 0 Å². The first-order valence-electron chi connectivity index (χ1n) is 6.74. The van der Waals surface area contributed by atoms with Gasteiger partial charge < -0.3 is 5.73 Å². The van der Waals surface area contributed by atoms with E-state index in [4.69, 9.17) is 5.73 Å². The molecule has 0 aliphatic carbocycles. The van der Waals surface area contributed by atoms with E-state index in [-0.39, 0.29) is 0 Å². The zero-order valence-electron chi connectivity index (χ0n) is 10.6. The molecule has 1 fully saturated rings. The van der Waals surface area contributed by atoms with Gasteiger partial charge in [0.25, 0.3) is 0 Å². The SMILES string of the molecule is CCCCC(CC)(CN)N1CCCCC1. The third-order valence-corrected chi connectivity index (χ3v) is 4.06. The Labute approximate surface area is 95.2 Å². The summed E-state index contributed by atoms with van der Waals surface area (Å²) in [6.07, 6.45) is 9.26. The fourth-order valence-electron chi connectivity index (χ4n) is 2.81. The molecule has 15 heavy (non-hydrogen) atoms. The molecule has 0 amide bonds. The largest absolute Gasteiger partial charge is 0.329 e. The number of hydrogen-bond donors (Lipinski definition) is 1. The topological polar surface area (TPSA) is 29.3 Å². The van der Waals surface area contributed by atoms with Gasteiger partial charge in [0.05, 0.1) is 0 Å². The maximum atomic E-state index is 6.05. The summed E-state index contributed by atoms with van der Waals surface area (Å²) >= 11 is 0. The van der Waals surface area contributed by atoms with E-state index in [9.17, 15) is 0 Å². The molecule has 0 bridgehead atoms. The van der Waals surface area contributed by atoms with Crippen LogP contribution in [0.5, 0.6) is 0 Å². The Morgan fingerprint density at radius 2 is 1.80 bits per heavy atom. The van der Waals surface area contributed by atoms with E-state index in [1.54, 1.807) is 0 Å². The summed E-state index contributed by atoms with van der Waals surface area (Å²) in [5.41, 5.74) is 6.36. The highest BCUT2D eigenvalue weighted by Crippen LogP contribution is 2.28. The van der Waals surface area contributed by atoms with Crippen molar-refractivity contribution in [3.05, 3.63) is 0 Å². The summed E-state index contributed by atoms with van der Waals surface area (Å²) in [5, 5.41) is 0. The number of nitrogens with two attached hydrogens (primary N) is 1. The summed E-state index contributed by atoms with van der Waals surface area (Å²) in [7, 11) is 0. The highest BCUT2D eigenvalue weighted by Gasteiger charge is 2.33. The zero-order valence-corrected chi connectivity index (χ0v) is 10.6. The molecule has 2 heteroatoms. The van der Waals surface area contributed by atoms with E-state index >= 15 is 0 Å². The Hall–Kier alpha value is -0.0800. The summed E-state index contributed by atoms with van der Waals surface area (Å²) < 4.78 is 0. The van der Waals surface area contributed by atoms with Gasteiger partial charge in [0.15, 0.2) is 0 Å². The molecule has 1 heterocycles. The van der Waals surface area contributed by atoms with Crippen LogP contribution >= 0.6 is 0 Å². The number of likely N-dealkylation sites (tertiary alicyclic amines) is 1. The predicted molar refractivity (Wildman–Crippen MR) is 67.0 cm³/mol. The Morgan fingerprint density at radius 1 is 1.13 bits per heavy atom. The molecule has 0 saturated carbocycles. The van der Waals surface area contributed by atoms with E-state index in [1.165, 1.54) is 58.0 Å². The number of piperidine rings is 1. The monoisotopic (exact) mass is 212 g/mol. The Kier molecular flexibility index (Phi) is 5.62. The van der Waals surface area contributed by atoms with Crippen molar-refractivity contribution in [2.75, 3.05) is 19.6 Å². The highest BCUT2D eigenvalue weighted by atomic mass is 15.2. The Morgan fingerprint density at radius 3 is 2.27 bits per heavy atom. The molecular formula is C13H28N2. The molecule has 2 N–H and O–H groups in total. The fraction of sp³-hybridized carbons (Fsp3) is 1.00. The lowest BCUT2D eigenvalue weighted by Crippen LogP contribution is -2.55. The lowest BCUT2D eigenvalue weighted by molar-refractivity contribution is 0.0590. The van der Waals surface area contributed by atoms with E-state index in [2.05, 4.69) is 18.7 Å². The number of hydrogen-bond acceptors (Lipinski definition) is 2. The van der Waals surface area contributed by atoms with Gasteiger partial charge in [0, 0.05) is 12.1 Å². The summed E-state index contributed by atoms with van der Waals surface area (Å²) in [6, 6.07) is 0. The first-order chi connectivity index (χ1) is 7.29. The van der Waals surface area contributed by atoms with Crippen molar-refractivity contribution >= 4 is 0 Å². The molecule has 1 aliphatic rings. The molecule has 0 spiro atoms. The normalized spacial score (nSPS) is 22.6. The maximum absolute atomic E-state index is 6.05. The summed E-state index contributed by atoms with van der Waals surface area (Å²) in [5.74, 6) is 0. The van der Waals surface area contributed by atoms with Gasteiger partial charge in [-0.2, -0.15) is 0 Å². The standard InChI is InChI=1S/C13H28N2/c1-3-5-9-13(4-2,12-14)15-10-7-6-8-11-15/h3-12,14H2,1-2H3. The number of rotatable bonds is 6. The van der Waals surface area contributed by atoms with Crippen LogP contribution in [-0.4, -0.2) is 30.1 Å². The first-order valence-corrected chi connectivity index (χ1v) is 6.74. The van der Waals surface area contributed by atoms with Crippen molar-refractivity contribution in [3.63, 3.8) is 0 Å². The average molecular weight is 212 g/mol. The van der Waals surface area contributed by atoms with Crippen LogP contribution in [-0.2, 0) is 0 Å². The Bertz CT molecular complexity index is 158. The van der Waals surface area contributed by atoms with Crippen LogP contribution in [0.1, 0.15) is 58.8 Å². The molecule has 1 rings (SSSR count). The van der Waals surface area contributed by atoms with Gasteiger partial charge >= 0.3 is 0 Å². The van der Waals surface area contributed by atoms with Gasteiger partial charge in [-0.3, -0.25) is 4.90 Å². The van der Waals surface area contributed by atoms with Gasteiger partial charge in [0.2, 0.25) is 0 Å². The van der Waals surface area contributed by atoms with Crippen molar-refractivity contribution in [2.45, 2.75) is 64.3 Å². The fourth-order valence-corrected chi connectivity index (χ4v) is 2.81. The first kappa shape index (κ1) is 13.0. The molecule has 1 aliphatic heterocycles. The van der Waals surface area contributed by atoms with E-state index in [1.807, 2.05) is 0 Å². The average Bonchev–Trinajstić information content (AvgIpc) is 2.33. The van der Waals surface area contributed by atoms with Gasteiger partial charge in [-0.15, -0.1) is 0 Å². The van der Waals surface area contributed by atoms with Gasteiger partial charge in [-0.1, -0.05) is 33.1 Å². The second-order valence-electron chi connectivity index (χ2n) is 4.93. The van der Waals surface area contributed by atoms with Crippen molar-refractivity contribution in [2.24, 2.45) is 5.73 Å². The van der Waals surface area contributed by atoms with E-state index < -0.39 is 0 Å². The van der Waals surface area contributed by atoms with Crippen molar-refractivity contribution in [1.29, 1.82) is 0 Å². The van der Waals surface area contributed by atoms with Gasteiger partial charge in [-0.05, 0) is 38.8 Å². The molecule has 1 unspecified atom stereocenters. The molecule has 0 aromatic heterocycles. The second kappa shape index (κ2) is 6.49. The van der Waals surface area contributed by atoms with Crippen LogP contribution in [0.25, 0.3) is 0 Å². The molecule has 1 saturated heterocycles. The highest BCUT2D eigenvalue weighted by molar-refractivity contribution is 4.91. The van der Waals surface area contributed by atoms with E-state index in [0.717, 1.165) is 6.54 Å². The molecular weight excluding hydrogens is 184 g/mol. The van der Waals surface area contributed by atoms with Crippen LogP contribution in [0.15, 0.2) is 0 Å². The van der Waals surface area contributed by atoms with Crippen LogP contribution in [0.4, 0.5) is 0 Å². The summed E-state index contributed by atoms with van der Waals surface area (Å²) in [4.78, 5) is 2.67. The van der Waals surface area contributed by atoms with Crippen LogP contribution in [0.2, 0.25) is 0 Å². The maximum Gasteiger partial charge on any atom is 0.0329 e. The lowest BCUT2D eigenvalue weighted by atomic mass is 9.86.